The topological polar surface area (TPSA) is 84.1 Å². The molecule has 1 aromatic rings. The molecule has 1 amide bonds. The molecule has 1 aromatic heterocycles. The van der Waals surface area contributed by atoms with Crippen molar-refractivity contribution in [3.63, 3.8) is 0 Å². The van der Waals surface area contributed by atoms with E-state index in [0.717, 1.165) is 42.8 Å². The number of carbonyl (C=O) groups excluding carboxylic acids is 2. The standard InChI is InChI=1S/C23H33N3O3/c1-15(2)13-26-17(4)10-19(18(26)5)11-20(12-24)23(28)29-14-22(27)25-21-9-7-6-8-16(21)3/h10-11,15-16,21H,6-9,13-14H2,1-5H3,(H,25,27)/b20-11+/t16-,21-/m0/s1. The van der Waals surface area contributed by atoms with Crippen LogP contribution < -0.4 is 5.32 Å². The average Bonchev–Trinajstić information content (AvgIpc) is 2.93. The lowest BCUT2D eigenvalue weighted by atomic mass is 9.86. The smallest absolute Gasteiger partial charge is 0.349 e. The van der Waals surface area contributed by atoms with Crippen molar-refractivity contribution in [1.82, 2.24) is 9.88 Å². The van der Waals surface area contributed by atoms with Gasteiger partial charge in [-0.2, -0.15) is 5.26 Å². The number of nitrogens with zero attached hydrogens (tertiary/aromatic N) is 2. The second-order valence-electron chi connectivity index (χ2n) is 8.51. The number of amides is 1. The zero-order valence-corrected chi connectivity index (χ0v) is 18.2. The van der Waals surface area contributed by atoms with Gasteiger partial charge in [0, 0.05) is 24.0 Å². The number of carbonyl (C=O) groups is 2. The number of hydrogen-bond acceptors (Lipinski definition) is 4. The minimum atomic E-state index is -0.770. The second-order valence-corrected chi connectivity index (χ2v) is 8.51. The lowest BCUT2D eigenvalue weighted by molar-refractivity contribution is -0.144. The Labute approximate surface area is 173 Å². The van der Waals surface area contributed by atoms with Gasteiger partial charge >= 0.3 is 5.97 Å². The Morgan fingerprint density at radius 3 is 2.66 bits per heavy atom. The molecular formula is C23H33N3O3. The number of nitriles is 1. The second kappa shape index (κ2) is 10.3. The number of ether oxygens (including phenoxy) is 1. The minimum absolute atomic E-state index is 0.103. The van der Waals surface area contributed by atoms with Gasteiger partial charge in [0.25, 0.3) is 5.91 Å². The fraction of sp³-hybridized carbons (Fsp3) is 0.609. The average molecular weight is 400 g/mol. The molecule has 1 heterocycles. The first kappa shape index (κ1) is 22.7. The van der Waals surface area contributed by atoms with E-state index in [0.29, 0.717) is 11.8 Å². The highest BCUT2D eigenvalue weighted by atomic mass is 16.5. The van der Waals surface area contributed by atoms with Gasteiger partial charge in [0.15, 0.2) is 6.61 Å². The summed E-state index contributed by atoms with van der Waals surface area (Å²) < 4.78 is 7.27. The molecule has 29 heavy (non-hydrogen) atoms. The van der Waals surface area contributed by atoms with E-state index in [2.05, 4.69) is 30.7 Å². The van der Waals surface area contributed by atoms with Crippen LogP contribution in [-0.2, 0) is 20.9 Å². The van der Waals surface area contributed by atoms with Crippen LogP contribution in [0.2, 0.25) is 0 Å². The first-order valence-corrected chi connectivity index (χ1v) is 10.5. The highest BCUT2D eigenvalue weighted by Gasteiger charge is 2.23. The molecule has 0 aliphatic heterocycles. The van der Waals surface area contributed by atoms with Gasteiger partial charge in [-0.1, -0.05) is 33.6 Å². The van der Waals surface area contributed by atoms with Gasteiger partial charge in [0.05, 0.1) is 0 Å². The SMILES string of the molecule is Cc1cc(/C=C(\C#N)C(=O)OCC(=O)N[C@H]2CCCC[C@@H]2C)c(C)n1CC(C)C. The maximum atomic E-state index is 12.3. The van der Waals surface area contributed by atoms with E-state index in [1.54, 1.807) is 6.08 Å². The van der Waals surface area contributed by atoms with Crippen molar-refractivity contribution in [1.29, 1.82) is 5.26 Å². The van der Waals surface area contributed by atoms with Crippen LogP contribution >= 0.6 is 0 Å². The van der Waals surface area contributed by atoms with Crippen LogP contribution in [0.4, 0.5) is 0 Å². The molecule has 0 saturated heterocycles. The molecule has 0 unspecified atom stereocenters. The third-order valence-electron chi connectivity index (χ3n) is 5.59. The summed E-state index contributed by atoms with van der Waals surface area (Å²) in [6.07, 6.45) is 5.89. The molecule has 0 radical (unpaired) electrons. The number of esters is 1. The molecule has 2 atom stereocenters. The molecular weight excluding hydrogens is 366 g/mol. The van der Waals surface area contributed by atoms with E-state index in [9.17, 15) is 14.9 Å². The van der Waals surface area contributed by atoms with E-state index in [1.165, 1.54) is 6.42 Å². The predicted octanol–water partition coefficient (Wildman–Crippen LogP) is 3.91. The molecule has 6 nitrogen and oxygen atoms in total. The summed E-state index contributed by atoms with van der Waals surface area (Å²) in [5, 5.41) is 12.4. The Bertz CT molecular complexity index is 814. The van der Waals surface area contributed by atoms with E-state index < -0.39 is 5.97 Å². The first-order chi connectivity index (χ1) is 13.7. The molecule has 158 valence electrons. The van der Waals surface area contributed by atoms with E-state index >= 15 is 0 Å². The molecule has 1 aliphatic carbocycles. The van der Waals surface area contributed by atoms with Crippen LogP contribution in [0.5, 0.6) is 0 Å². The van der Waals surface area contributed by atoms with Gasteiger partial charge in [0.1, 0.15) is 11.6 Å². The minimum Gasteiger partial charge on any atom is -0.451 e. The summed E-state index contributed by atoms with van der Waals surface area (Å²) >= 11 is 0. The molecule has 0 aromatic carbocycles. The summed E-state index contributed by atoms with van der Waals surface area (Å²) in [6.45, 7) is 10.9. The summed E-state index contributed by atoms with van der Waals surface area (Å²) in [4.78, 5) is 24.5. The Morgan fingerprint density at radius 1 is 1.34 bits per heavy atom. The zero-order chi connectivity index (χ0) is 21.6. The first-order valence-electron chi connectivity index (χ1n) is 10.5. The maximum absolute atomic E-state index is 12.3. The molecule has 2 rings (SSSR count). The van der Waals surface area contributed by atoms with Crippen molar-refractivity contribution < 1.29 is 14.3 Å². The Morgan fingerprint density at radius 2 is 2.03 bits per heavy atom. The number of hydrogen-bond donors (Lipinski definition) is 1. The third kappa shape index (κ3) is 6.22. The van der Waals surface area contributed by atoms with Crippen LogP contribution in [0, 0.1) is 37.0 Å². The van der Waals surface area contributed by atoms with Crippen molar-refractivity contribution in [3.8, 4) is 6.07 Å². The number of aromatic nitrogens is 1. The molecule has 1 aliphatic rings. The van der Waals surface area contributed by atoms with Crippen molar-refractivity contribution in [2.45, 2.75) is 72.9 Å². The molecule has 0 bridgehead atoms. The van der Waals surface area contributed by atoms with Crippen molar-refractivity contribution in [2.24, 2.45) is 11.8 Å². The van der Waals surface area contributed by atoms with Crippen molar-refractivity contribution in [2.75, 3.05) is 6.61 Å². The van der Waals surface area contributed by atoms with Crippen LogP contribution in [0.25, 0.3) is 6.08 Å². The van der Waals surface area contributed by atoms with E-state index in [-0.39, 0.29) is 24.1 Å². The van der Waals surface area contributed by atoms with Gasteiger partial charge < -0.3 is 14.6 Å². The quantitative estimate of drug-likeness (QED) is 0.428. The number of aryl methyl sites for hydroxylation is 1. The van der Waals surface area contributed by atoms with Crippen LogP contribution in [0.1, 0.15) is 63.4 Å². The Kier molecular flexibility index (Phi) is 8.07. The monoisotopic (exact) mass is 399 g/mol. The van der Waals surface area contributed by atoms with Crippen LogP contribution in [0.3, 0.4) is 0 Å². The summed E-state index contributed by atoms with van der Waals surface area (Å²) in [5.74, 6) is -0.168. The van der Waals surface area contributed by atoms with E-state index in [1.807, 2.05) is 26.0 Å². The van der Waals surface area contributed by atoms with E-state index in [4.69, 9.17) is 4.74 Å². The number of rotatable bonds is 7. The molecule has 1 fully saturated rings. The predicted molar refractivity (Wildman–Crippen MR) is 113 cm³/mol. The Hall–Kier alpha value is -2.55. The number of nitrogens with one attached hydrogen (secondary N) is 1. The molecule has 0 spiro atoms. The Balaban J connectivity index is 2.00. The van der Waals surface area contributed by atoms with Crippen molar-refractivity contribution >= 4 is 18.0 Å². The zero-order valence-electron chi connectivity index (χ0n) is 18.2. The maximum Gasteiger partial charge on any atom is 0.349 e. The largest absolute Gasteiger partial charge is 0.451 e. The highest BCUT2D eigenvalue weighted by molar-refractivity contribution is 5.99. The van der Waals surface area contributed by atoms with Gasteiger partial charge in [-0.15, -0.1) is 0 Å². The molecule has 1 N–H and O–H groups in total. The summed E-state index contributed by atoms with van der Waals surface area (Å²) in [6, 6.07) is 3.99. The summed E-state index contributed by atoms with van der Waals surface area (Å²) in [7, 11) is 0. The van der Waals surface area contributed by atoms with Gasteiger partial charge in [-0.3, -0.25) is 4.79 Å². The fourth-order valence-corrected chi connectivity index (χ4v) is 3.90. The molecule has 1 saturated carbocycles. The summed E-state index contributed by atoms with van der Waals surface area (Å²) in [5.41, 5.74) is 2.79. The highest BCUT2D eigenvalue weighted by Crippen LogP contribution is 2.23. The third-order valence-corrected chi connectivity index (χ3v) is 5.59. The van der Waals surface area contributed by atoms with Gasteiger partial charge in [-0.05, 0) is 56.2 Å². The molecule has 6 heteroatoms. The fourth-order valence-electron chi connectivity index (χ4n) is 3.90. The van der Waals surface area contributed by atoms with Crippen molar-refractivity contribution in [3.05, 3.63) is 28.6 Å². The lowest BCUT2D eigenvalue weighted by Gasteiger charge is -2.29. The van der Waals surface area contributed by atoms with Gasteiger partial charge in [0.2, 0.25) is 0 Å². The van der Waals surface area contributed by atoms with Crippen LogP contribution in [-0.4, -0.2) is 29.1 Å². The normalized spacial score (nSPS) is 19.7. The van der Waals surface area contributed by atoms with Gasteiger partial charge in [-0.25, -0.2) is 4.79 Å². The van der Waals surface area contributed by atoms with Crippen LogP contribution in [0.15, 0.2) is 11.6 Å². The lowest BCUT2D eigenvalue weighted by Crippen LogP contribution is -2.42.